The third-order valence-electron chi connectivity index (χ3n) is 1.27. The SMILES string of the molecule is CC.Nc1c(F)c(O)c(F)c(F)c1F. The van der Waals surface area contributed by atoms with Crippen molar-refractivity contribution >= 4 is 5.69 Å². The molecule has 0 aliphatic heterocycles. The Morgan fingerprint density at radius 1 is 0.857 bits per heavy atom. The van der Waals surface area contributed by atoms with Crippen LogP contribution in [0.25, 0.3) is 0 Å². The number of hydrogen-bond donors (Lipinski definition) is 2. The number of aromatic hydroxyl groups is 1. The van der Waals surface area contributed by atoms with Crippen molar-refractivity contribution in [1.29, 1.82) is 0 Å². The van der Waals surface area contributed by atoms with Crippen molar-refractivity contribution in [2.45, 2.75) is 13.8 Å². The first-order chi connectivity index (χ1) is 6.46. The molecule has 0 saturated carbocycles. The van der Waals surface area contributed by atoms with E-state index in [1.165, 1.54) is 0 Å². The first-order valence-corrected chi connectivity index (χ1v) is 3.77. The molecule has 0 aliphatic rings. The van der Waals surface area contributed by atoms with E-state index in [1.807, 2.05) is 13.8 Å². The molecular formula is C8H9F4NO. The lowest BCUT2D eigenvalue weighted by Crippen LogP contribution is -2.02. The number of anilines is 1. The molecule has 0 fully saturated rings. The van der Waals surface area contributed by atoms with Gasteiger partial charge in [0.1, 0.15) is 5.69 Å². The second-order valence-corrected chi connectivity index (χ2v) is 2.02. The molecule has 3 N–H and O–H groups in total. The molecular weight excluding hydrogens is 202 g/mol. The van der Waals surface area contributed by atoms with Gasteiger partial charge in [0.2, 0.25) is 11.6 Å². The number of halogens is 4. The van der Waals surface area contributed by atoms with Gasteiger partial charge in [0.15, 0.2) is 17.4 Å². The summed E-state index contributed by atoms with van der Waals surface area (Å²) in [6.07, 6.45) is 0. The van der Waals surface area contributed by atoms with Crippen molar-refractivity contribution in [1.82, 2.24) is 0 Å². The summed E-state index contributed by atoms with van der Waals surface area (Å²) in [4.78, 5) is 0. The lowest BCUT2D eigenvalue weighted by atomic mass is 10.2. The maximum atomic E-state index is 12.4. The molecule has 0 aromatic heterocycles. The van der Waals surface area contributed by atoms with Crippen LogP contribution in [-0.2, 0) is 0 Å². The highest BCUT2D eigenvalue weighted by molar-refractivity contribution is 5.48. The lowest BCUT2D eigenvalue weighted by Gasteiger charge is -2.03. The smallest absolute Gasteiger partial charge is 0.206 e. The minimum absolute atomic E-state index is 1.24. The molecule has 1 rings (SSSR count). The average molecular weight is 211 g/mol. The van der Waals surface area contributed by atoms with E-state index in [9.17, 15) is 17.6 Å². The minimum Gasteiger partial charge on any atom is -0.503 e. The normalized spacial score (nSPS) is 9.29. The van der Waals surface area contributed by atoms with Crippen molar-refractivity contribution in [3.8, 4) is 5.75 Å². The predicted octanol–water partition coefficient (Wildman–Crippen LogP) is 2.56. The number of phenols is 1. The van der Waals surface area contributed by atoms with E-state index >= 15 is 0 Å². The van der Waals surface area contributed by atoms with Crippen LogP contribution in [0, 0.1) is 23.3 Å². The molecule has 2 nitrogen and oxygen atoms in total. The third-order valence-corrected chi connectivity index (χ3v) is 1.27. The molecule has 0 aliphatic carbocycles. The Morgan fingerprint density at radius 3 is 1.71 bits per heavy atom. The van der Waals surface area contributed by atoms with E-state index in [4.69, 9.17) is 5.11 Å². The van der Waals surface area contributed by atoms with E-state index in [1.54, 1.807) is 0 Å². The molecule has 0 saturated heterocycles. The minimum atomic E-state index is -1.99. The standard InChI is InChI=1S/C6H3F4NO.C2H6/c7-1-2(8)5(11)4(10)6(12)3(1)9;1-2/h12H,11H2;1-2H3. The summed E-state index contributed by atoms with van der Waals surface area (Å²) < 4.78 is 49.3. The fraction of sp³-hybridized carbons (Fsp3) is 0.250. The van der Waals surface area contributed by atoms with Crippen molar-refractivity contribution < 1.29 is 22.7 Å². The topological polar surface area (TPSA) is 46.2 Å². The van der Waals surface area contributed by atoms with Crippen LogP contribution in [0.3, 0.4) is 0 Å². The van der Waals surface area contributed by atoms with Gasteiger partial charge in [-0.3, -0.25) is 0 Å². The lowest BCUT2D eigenvalue weighted by molar-refractivity contribution is 0.361. The molecule has 14 heavy (non-hydrogen) atoms. The summed E-state index contributed by atoms with van der Waals surface area (Å²) >= 11 is 0. The molecule has 1 aromatic rings. The van der Waals surface area contributed by atoms with Gasteiger partial charge in [0, 0.05) is 0 Å². The van der Waals surface area contributed by atoms with Crippen molar-refractivity contribution in [3.05, 3.63) is 23.3 Å². The Morgan fingerprint density at radius 2 is 1.29 bits per heavy atom. The Bertz CT molecular complexity index is 236. The number of nitrogens with two attached hydrogens (primary N) is 1. The van der Waals surface area contributed by atoms with Crippen LogP contribution >= 0.6 is 0 Å². The van der Waals surface area contributed by atoms with E-state index in [2.05, 4.69) is 5.73 Å². The molecule has 0 bridgehead atoms. The number of rotatable bonds is 0. The molecule has 0 unspecified atom stereocenters. The van der Waals surface area contributed by atoms with Crippen LogP contribution < -0.4 is 5.73 Å². The summed E-state index contributed by atoms with van der Waals surface area (Å²) in [6.45, 7) is 4.00. The first-order valence-electron chi connectivity index (χ1n) is 3.77. The highest BCUT2D eigenvalue weighted by Crippen LogP contribution is 2.29. The van der Waals surface area contributed by atoms with Crippen LogP contribution in [0.15, 0.2) is 0 Å². The summed E-state index contributed by atoms with van der Waals surface area (Å²) in [5.41, 5.74) is 3.39. The van der Waals surface area contributed by atoms with E-state index in [0.717, 1.165) is 0 Å². The van der Waals surface area contributed by atoms with Gasteiger partial charge in [-0.2, -0.15) is 4.39 Å². The van der Waals surface area contributed by atoms with Crippen molar-refractivity contribution in [2.75, 3.05) is 5.73 Å². The Hall–Kier alpha value is -1.46. The second kappa shape index (κ2) is 4.69. The van der Waals surface area contributed by atoms with E-state index in [-0.39, 0.29) is 0 Å². The van der Waals surface area contributed by atoms with Crippen LogP contribution in [0.5, 0.6) is 5.75 Å². The molecule has 0 heterocycles. The van der Waals surface area contributed by atoms with Crippen LogP contribution in [0.1, 0.15) is 13.8 Å². The van der Waals surface area contributed by atoms with Gasteiger partial charge in [0.05, 0.1) is 0 Å². The van der Waals surface area contributed by atoms with Gasteiger partial charge >= 0.3 is 0 Å². The number of benzene rings is 1. The van der Waals surface area contributed by atoms with Crippen LogP contribution in [0.4, 0.5) is 23.2 Å². The van der Waals surface area contributed by atoms with Gasteiger partial charge in [0.25, 0.3) is 0 Å². The Labute approximate surface area is 78.0 Å². The predicted molar refractivity (Wildman–Crippen MR) is 43.7 cm³/mol. The zero-order valence-corrected chi connectivity index (χ0v) is 7.54. The quantitative estimate of drug-likeness (QED) is 0.300. The molecule has 80 valence electrons. The largest absolute Gasteiger partial charge is 0.503 e. The zero-order chi connectivity index (χ0) is 11.5. The number of phenolic OH excluding ortho intramolecular Hbond substituents is 1. The average Bonchev–Trinajstić information content (AvgIpc) is 2.24. The fourth-order valence-corrected chi connectivity index (χ4v) is 0.639. The van der Waals surface area contributed by atoms with Gasteiger partial charge < -0.3 is 10.8 Å². The van der Waals surface area contributed by atoms with Crippen molar-refractivity contribution in [2.24, 2.45) is 0 Å². The summed E-state index contributed by atoms with van der Waals surface area (Å²) in [6, 6.07) is 0. The van der Waals surface area contributed by atoms with Crippen molar-refractivity contribution in [3.63, 3.8) is 0 Å². The fourth-order valence-electron chi connectivity index (χ4n) is 0.639. The maximum Gasteiger partial charge on any atom is 0.206 e. The molecule has 0 radical (unpaired) electrons. The Kier molecular flexibility index (Phi) is 4.20. The van der Waals surface area contributed by atoms with E-state index < -0.39 is 34.7 Å². The van der Waals surface area contributed by atoms with Gasteiger partial charge in [-0.05, 0) is 0 Å². The third kappa shape index (κ3) is 1.89. The highest BCUT2D eigenvalue weighted by atomic mass is 19.2. The summed E-state index contributed by atoms with van der Waals surface area (Å²) in [5.74, 6) is -9.15. The number of nitrogen functional groups attached to an aromatic ring is 1. The van der Waals surface area contributed by atoms with Crippen LogP contribution in [-0.4, -0.2) is 5.11 Å². The maximum absolute atomic E-state index is 12.4. The highest BCUT2D eigenvalue weighted by Gasteiger charge is 2.22. The zero-order valence-electron chi connectivity index (χ0n) is 7.54. The molecule has 0 amide bonds. The number of hydrogen-bond acceptors (Lipinski definition) is 2. The summed E-state index contributed by atoms with van der Waals surface area (Å²) in [7, 11) is 0. The van der Waals surface area contributed by atoms with Crippen LogP contribution in [0.2, 0.25) is 0 Å². The molecule has 0 spiro atoms. The molecule has 0 atom stereocenters. The van der Waals surface area contributed by atoms with E-state index in [0.29, 0.717) is 0 Å². The Balaban J connectivity index is 0.000000791. The second-order valence-electron chi connectivity index (χ2n) is 2.02. The molecule has 1 aromatic carbocycles. The van der Waals surface area contributed by atoms with Gasteiger partial charge in [-0.15, -0.1) is 0 Å². The van der Waals surface area contributed by atoms with Gasteiger partial charge in [-0.25, -0.2) is 13.2 Å². The monoisotopic (exact) mass is 211 g/mol. The van der Waals surface area contributed by atoms with Gasteiger partial charge in [-0.1, -0.05) is 13.8 Å². The molecule has 6 heteroatoms. The first kappa shape index (κ1) is 12.5. The summed E-state index contributed by atoms with van der Waals surface area (Å²) in [5, 5.41) is 8.46.